The number of nitrogens with zero attached hydrogens (tertiary/aromatic N) is 2. The van der Waals surface area contributed by atoms with Crippen LogP contribution < -0.4 is 15.8 Å². The lowest BCUT2D eigenvalue weighted by molar-refractivity contribution is 0.102. The number of methoxy groups -OCH3 is 1. The van der Waals surface area contributed by atoms with E-state index in [4.69, 9.17) is 22.1 Å². The largest absolute Gasteiger partial charge is 0.481 e. The summed E-state index contributed by atoms with van der Waals surface area (Å²) in [5.74, 6) is -1.11. The van der Waals surface area contributed by atoms with E-state index < -0.39 is 11.7 Å². The molecule has 0 aliphatic heterocycles. The maximum atomic E-state index is 13.3. The molecule has 1 amide bonds. The minimum atomic E-state index is -0.678. The summed E-state index contributed by atoms with van der Waals surface area (Å²) in [6, 6.07) is 5.09. The lowest BCUT2D eigenvalue weighted by Gasteiger charge is -2.06. The smallest absolute Gasteiger partial charge is 0.258 e. The molecule has 0 atom stereocenters. The Balaban J connectivity index is 2.23. The molecule has 3 N–H and O–H groups in total. The van der Waals surface area contributed by atoms with E-state index in [-0.39, 0.29) is 28.2 Å². The highest BCUT2D eigenvalue weighted by molar-refractivity contribution is 6.29. The van der Waals surface area contributed by atoms with Crippen molar-refractivity contribution in [3.63, 3.8) is 0 Å². The number of hydrogen-bond donors (Lipinski definition) is 2. The van der Waals surface area contributed by atoms with Gasteiger partial charge in [-0.3, -0.25) is 10.1 Å². The molecule has 0 saturated carbocycles. The number of benzene rings is 1. The Bertz CT molecular complexity index is 666. The van der Waals surface area contributed by atoms with Crippen LogP contribution in [-0.2, 0) is 0 Å². The van der Waals surface area contributed by atoms with Crippen LogP contribution in [-0.4, -0.2) is 23.0 Å². The van der Waals surface area contributed by atoms with Crippen LogP contribution in [0.4, 0.5) is 16.0 Å². The molecule has 20 heavy (non-hydrogen) atoms. The van der Waals surface area contributed by atoms with Gasteiger partial charge in [-0.05, 0) is 18.2 Å². The Labute approximate surface area is 118 Å². The number of hydrogen-bond acceptors (Lipinski definition) is 5. The number of carbonyl (C=O) groups excluding carboxylic acids is 1. The van der Waals surface area contributed by atoms with Gasteiger partial charge in [0.05, 0.1) is 12.8 Å². The van der Waals surface area contributed by atoms with Crippen LogP contribution in [0.2, 0.25) is 5.15 Å². The summed E-state index contributed by atoms with van der Waals surface area (Å²) in [5.41, 5.74) is 5.38. The van der Waals surface area contributed by atoms with Gasteiger partial charge >= 0.3 is 0 Å². The fourth-order valence-electron chi connectivity index (χ4n) is 1.40. The van der Waals surface area contributed by atoms with Gasteiger partial charge in [0.1, 0.15) is 11.0 Å². The van der Waals surface area contributed by atoms with Crippen molar-refractivity contribution in [2.45, 2.75) is 0 Å². The number of aromatic nitrogens is 2. The monoisotopic (exact) mass is 296 g/mol. The van der Waals surface area contributed by atoms with Gasteiger partial charge in [0.2, 0.25) is 11.8 Å². The molecule has 0 bridgehead atoms. The van der Waals surface area contributed by atoms with E-state index in [9.17, 15) is 9.18 Å². The topological polar surface area (TPSA) is 90.1 Å². The fraction of sp³-hybridized carbons (Fsp3) is 0.0833. The Kier molecular flexibility index (Phi) is 3.99. The van der Waals surface area contributed by atoms with Crippen LogP contribution in [0.5, 0.6) is 5.88 Å². The van der Waals surface area contributed by atoms with Crippen molar-refractivity contribution in [3.8, 4) is 5.88 Å². The van der Waals surface area contributed by atoms with Gasteiger partial charge in [-0.15, -0.1) is 0 Å². The van der Waals surface area contributed by atoms with Crippen LogP contribution in [0.1, 0.15) is 10.4 Å². The van der Waals surface area contributed by atoms with Crippen LogP contribution in [0, 0.1) is 5.82 Å². The summed E-state index contributed by atoms with van der Waals surface area (Å²) < 4.78 is 18.2. The molecule has 1 heterocycles. The number of ether oxygens (including phenoxy) is 1. The SMILES string of the molecule is COc1cc(Cl)nc(NC(=O)c2ccc(N)c(F)c2)n1. The molecule has 1 aromatic heterocycles. The quantitative estimate of drug-likeness (QED) is 0.669. The number of nitrogens with one attached hydrogen (secondary N) is 1. The highest BCUT2D eigenvalue weighted by atomic mass is 35.5. The Morgan fingerprint density at radius 3 is 2.80 bits per heavy atom. The van der Waals surface area contributed by atoms with E-state index in [1.807, 2.05) is 0 Å². The molecule has 0 aliphatic rings. The molecule has 104 valence electrons. The number of carbonyl (C=O) groups is 1. The Morgan fingerprint density at radius 2 is 2.15 bits per heavy atom. The van der Waals surface area contributed by atoms with Crippen molar-refractivity contribution in [1.29, 1.82) is 0 Å². The third-order valence-electron chi connectivity index (χ3n) is 2.37. The van der Waals surface area contributed by atoms with E-state index in [0.717, 1.165) is 6.07 Å². The van der Waals surface area contributed by atoms with Gasteiger partial charge in [-0.2, -0.15) is 4.98 Å². The second kappa shape index (κ2) is 5.70. The normalized spacial score (nSPS) is 10.2. The maximum Gasteiger partial charge on any atom is 0.258 e. The highest BCUT2D eigenvalue weighted by Gasteiger charge is 2.11. The van der Waals surface area contributed by atoms with Crippen LogP contribution in [0.3, 0.4) is 0 Å². The number of nitrogens with two attached hydrogens (primary N) is 1. The number of anilines is 2. The molecular weight excluding hydrogens is 287 g/mol. The zero-order chi connectivity index (χ0) is 14.7. The lowest BCUT2D eigenvalue weighted by atomic mass is 10.2. The molecule has 0 fully saturated rings. The van der Waals surface area contributed by atoms with Gasteiger partial charge in [0.25, 0.3) is 5.91 Å². The van der Waals surface area contributed by atoms with Crippen molar-refractivity contribution >= 4 is 29.1 Å². The average molecular weight is 297 g/mol. The molecule has 6 nitrogen and oxygen atoms in total. The standard InChI is InChI=1S/C12H10ClFN4O2/c1-20-10-5-9(13)16-12(17-10)18-11(19)6-2-3-8(15)7(14)4-6/h2-5H,15H2,1H3,(H,16,17,18,19). The molecular formula is C12H10ClFN4O2. The van der Waals surface area contributed by atoms with Gasteiger partial charge in [0, 0.05) is 11.6 Å². The van der Waals surface area contributed by atoms with E-state index >= 15 is 0 Å². The average Bonchev–Trinajstić information content (AvgIpc) is 2.41. The van der Waals surface area contributed by atoms with E-state index in [2.05, 4.69) is 15.3 Å². The molecule has 0 spiro atoms. The molecule has 2 rings (SSSR count). The van der Waals surface area contributed by atoms with Crippen LogP contribution >= 0.6 is 11.6 Å². The van der Waals surface area contributed by atoms with Crippen molar-refractivity contribution < 1.29 is 13.9 Å². The van der Waals surface area contributed by atoms with Gasteiger partial charge < -0.3 is 10.5 Å². The summed E-state index contributed by atoms with van der Waals surface area (Å²) in [6.45, 7) is 0. The molecule has 0 aliphatic carbocycles. The first-order valence-electron chi connectivity index (χ1n) is 5.44. The number of amides is 1. The van der Waals surface area contributed by atoms with Crippen molar-refractivity contribution in [2.75, 3.05) is 18.2 Å². The van der Waals surface area contributed by atoms with Crippen LogP contribution in [0.25, 0.3) is 0 Å². The van der Waals surface area contributed by atoms with Gasteiger partial charge in [0.15, 0.2) is 0 Å². The number of rotatable bonds is 3. The lowest BCUT2D eigenvalue weighted by Crippen LogP contribution is -2.15. The molecule has 0 radical (unpaired) electrons. The summed E-state index contributed by atoms with van der Waals surface area (Å²) >= 11 is 5.75. The molecule has 1 aromatic carbocycles. The first kappa shape index (κ1) is 14.0. The van der Waals surface area contributed by atoms with Crippen molar-refractivity contribution in [2.24, 2.45) is 0 Å². The Hall–Kier alpha value is -2.41. The molecule has 0 saturated heterocycles. The van der Waals surface area contributed by atoms with Crippen LogP contribution in [0.15, 0.2) is 24.3 Å². The molecule has 0 unspecified atom stereocenters. The van der Waals surface area contributed by atoms with Crippen molar-refractivity contribution in [3.05, 3.63) is 40.8 Å². The highest BCUT2D eigenvalue weighted by Crippen LogP contribution is 2.17. The zero-order valence-electron chi connectivity index (χ0n) is 10.4. The van der Waals surface area contributed by atoms with Crippen molar-refractivity contribution in [1.82, 2.24) is 9.97 Å². The van der Waals surface area contributed by atoms with E-state index in [1.165, 1.54) is 25.3 Å². The molecule has 8 heteroatoms. The first-order chi connectivity index (χ1) is 9.49. The minimum Gasteiger partial charge on any atom is -0.481 e. The van der Waals surface area contributed by atoms with E-state index in [0.29, 0.717) is 0 Å². The van der Waals surface area contributed by atoms with E-state index in [1.54, 1.807) is 0 Å². The van der Waals surface area contributed by atoms with Gasteiger partial charge in [-0.1, -0.05) is 11.6 Å². The first-order valence-corrected chi connectivity index (χ1v) is 5.82. The third kappa shape index (κ3) is 3.12. The number of nitrogen functional groups attached to an aromatic ring is 1. The zero-order valence-corrected chi connectivity index (χ0v) is 11.1. The Morgan fingerprint density at radius 1 is 1.40 bits per heavy atom. The summed E-state index contributed by atoms with van der Waals surface area (Å²) in [5, 5.41) is 2.49. The second-order valence-corrected chi connectivity index (χ2v) is 4.13. The third-order valence-corrected chi connectivity index (χ3v) is 2.56. The summed E-state index contributed by atoms with van der Waals surface area (Å²) in [7, 11) is 1.40. The second-order valence-electron chi connectivity index (χ2n) is 3.75. The fourth-order valence-corrected chi connectivity index (χ4v) is 1.57. The molecule has 2 aromatic rings. The predicted octanol–water partition coefficient (Wildman–Crippen LogP) is 2.11. The summed E-state index contributed by atoms with van der Waals surface area (Å²) in [4.78, 5) is 19.6. The van der Waals surface area contributed by atoms with Gasteiger partial charge in [-0.25, -0.2) is 9.37 Å². The number of halogens is 2. The minimum absolute atomic E-state index is 0.0396. The summed E-state index contributed by atoms with van der Waals surface area (Å²) in [6.07, 6.45) is 0. The maximum absolute atomic E-state index is 13.3. The predicted molar refractivity (Wildman–Crippen MR) is 72.4 cm³/mol.